The van der Waals surface area contributed by atoms with Crippen LogP contribution in [0, 0.1) is 5.92 Å². The Bertz CT molecular complexity index is 422. The van der Waals surface area contributed by atoms with E-state index in [2.05, 4.69) is 64.0 Å². The van der Waals surface area contributed by atoms with Gasteiger partial charge in [0.25, 0.3) is 0 Å². The third-order valence-electron chi connectivity index (χ3n) is 3.38. The van der Waals surface area contributed by atoms with Crippen molar-refractivity contribution < 1.29 is 4.74 Å². The van der Waals surface area contributed by atoms with Gasteiger partial charge in [0.1, 0.15) is 0 Å². The maximum absolute atomic E-state index is 5.87. The SMILES string of the molecule is CCNCc1cc(OCCCC(C)C)nc(C(C)(C)C)c1. The van der Waals surface area contributed by atoms with E-state index in [1.54, 1.807) is 0 Å². The second-order valence-electron chi connectivity index (χ2n) is 7.11. The number of hydrogen-bond donors (Lipinski definition) is 1. The van der Waals surface area contributed by atoms with E-state index < -0.39 is 0 Å². The molecule has 0 atom stereocenters. The van der Waals surface area contributed by atoms with Crippen LogP contribution in [0.1, 0.15) is 65.6 Å². The first-order valence-electron chi connectivity index (χ1n) is 8.18. The average Bonchev–Trinajstić information content (AvgIpc) is 2.40. The quantitative estimate of drug-likeness (QED) is 0.725. The summed E-state index contributed by atoms with van der Waals surface area (Å²) in [4.78, 5) is 4.68. The van der Waals surface area contributed by atoms with Crippen molar-refractivity contribution in [2.24, 2.45) is 5.92 Å². The van der Waals surface area contributed by atoms with E-state index in [4.69, 9.17) is 4.74 Å². The third kappa shape index (κ3) is 6.94. The topological polar surface area (TPSA) is 34.1 Å². The smallest absolute Gasteiger partial charge is 0.213 e. The Kier molecular flexibility index (Phi) is 7.16. The number of nitrogens with one attached hydrogen (secondary N) is 1. The third-order valence-corrected chi connectivity index (χ3v) is 3.38. The molecule has 0 amide bonds. The van der Waals surface area contributed by atoms with Crippen LogP contribution in [-0.4, -0.2) is 18.1 Å². The van der Waals surface area contributed by atoms with Gasteiger partial charge in [0, 0.05) is 18.0 Å². The van der Waals surface area contributed by atoms with E-state index in [-0.39, 0.29) is 5.41 Å². The maximum Gasteiger partial charge on any atom is 0.213 e. The van der Waals surface area contributed by atoms with Crippen molar-refractivity contribution in [3.63, 3.8) is 0 Å². The largest absolute Gasteiger partial charge is 0.478 e. The summed E-state index contributed by atoms with van der Waals surface area (Å²) in [5.41, 5.74) is 2.38. The second kappa shape index (κ2) is 8.38. The molecule has 0 aromatic carbocycles. The molecule has 1 aromatic heterocycles. The Hall–Kier alpha value is -1.09. The van der Waals surface area contributed by atoms with Crippen LogP contribution >= 0.6 is 0 Å². The number of pyridine rings is 1. The van der Waals surface area contributed by atoms with Crippen LogP contribution in [0.4, 0.5) is 0 Å². The molecule has 0 bridgehead atoms. The first-order valence-corrected chi connectivity index (χ1v) is 8.18. The monoisotopic (exact) mass is 292 g/mol. The summed E-state index contributed by atoms with van der Waals surface area (Å²) in [7, 11) is 0. The highest BCUT2D eigenvalue weighted by molar-refractivity contribution is 5.28. The molecule has 120 valence electrons. The Morgan fingerprint density at radius 1 is 1.24 bits per heavy atom. The molecule has 1 rings (SSSR count). The fourth-order valence-electron chi connectivity index (χ4n) is 2.06. The van der Waals surface area contributed by atoms with E-state index in [1.165, 1.54) is 12.0 Å². The first-order chi connectivity index (χ1) is 9.82. The number of aromatic nitrogens is 1. The van der Waals surface area contributed by atoms with Gasteiger partial charge in [0.15, 0.2) is 0 Å². The average molecular weight is 292 g/mol. The van der Waals surface area contributed by atoms with E-state index in [0.717, 1.165) is 43.6 Å². The minimum atomic E-state index is 0.0399. The predicted molar refractivity (Wildman–Crippen MR) is 89.9 cm³/mol. The lowest BCUT2D eigenvalue weighted by Gasteiger charge is -2.20. The highest BCUT2D eigenvalue weighted by Crippen LogP contribution is 2.24. The van der Waals surface area contributed by atoms with Crippen molar-refractivity contribution in [2.75, 3.05) is 13.2 Å². The van der Waals surface area contributed by atoms with Crippen LogP contribution in [0.15, 0.2) is 12.1 Å². The minimum absolute atomic E-state index is 0.0399. The molecule has 1 aromatic rings. The summed E-state index contributed by atoms with van der Waals surface area (Å²) in [5.74, 6) is 1.49. The molecule has 1 heterocycles. The molecule has 0 aliphatic rings. The van der Waals surface area contributed by atoms with Crippen molar-refractivity contribution in [1.29, 1.82) is 0 Å². The molecule has 21 heavy (non-hydrogen) atoms. The number of ether oxygens (including phenoxy) is 1. The van der Waals surface area contributed by atoms with Crippen LogP contribution < -0.4 is 10.1 Å². The fourth-order valence-corrected chi connectivity index (χ4v) is 2.06. The van der Waals surface area contributed by atoms with Crippen molar-refractivity contribution in [1.82, 2.24) is 10.3 Å². The Balaban J connectivity index is 2.76. The summed E-state index contributed by atoms with van der Waals surface area (Å²) in [6.45, 7) is 15.8. The molecule has 3 nitrogen and oxygen atoms in total. The molecule has 0 unspecified atom stereocenters. The van der Waals surface area contributed by atoms with Crippen LogP contribution in [-0.2, 0) is 12.0 Å². The lowest BCUT2D eigenvalue weighted by atomic mass is 9.91. The van der Waals surface area contributed by atoms with Gasteiger partial charge in [-0.3, -0.25) is 0 Å². The molecule has 0 saturated heterocycles. The number of nitrogens with zero attached hydrogens (tertiary/aromatic N) is 1. The molecular weight excluding hydrogens is 260 g/mol. The molecule has 3 heteroatoms. The van der Waals surface area contributed by atoms with Crippen LogP contribution in [0.3, 0.4) is 0 Å². The highest BCUT2D eigenvalue weighted by atomic mass is 16.5. The number of hydrogen-bond acceptors (Lipinski definition) is 3. The molecule has 0 fully saturated rings. The Morgan fingerprint density at radius 2 is 1.95 bits per heavy atom. The predicted octanol–water partition coefficient (Wildman–Crippen LogP) is 4.30. The van der Waals surface area contributed by atoms with Crippen LogP contribution in [0.5, 0.6) is 5.88 Å². The lowest BCUT2D eigenvalue weighted by molar-refractivity contribution is 0.284. The van der Waals surface area contributed by atoms with Crippen molar-refractivity contribution in [2.45, 2.75) is 66.3 Å². The van der Waals surface area contributed by atoms with E-state index in [1.807, 2.05) is 0 Å². The van der Waals surface area contributed by atoms with Gasteiger partial charge in [-0.15, -0.1) is 0 Å². The Morgan fingerprint density at radius 3 is 2.52 bits per heavy atom. The van der Waals surface area contributed by atoms with E-state index >= 15 is 0 Å². The van der Waals surface area contributed by atoms with Crippen LogP contribution in [0.25, 0.3) is 0 Å². The zero-order valence-electron chi connectivity index (χ0n) is 14.6. The maximum atomic E-state index is 5.87. The molecule has 1 N–H and O–H groups in total. The first kappa shape index (κ1) is 18.0. The van der Waals surface area contributed by atoms with Gasteiger partial charge < -0.3 is 10.1 Å². The zero-order valence-corrected chi connectivity index (χ0v) is 14.6. The van der Waals surface area contributed by atoms with E-state index in [0.29, 0.717) is 0 Å². The molecular formula is C18H32N2O. The van der Waals surface area contributed by atoms with Crippen LogP contribution in [0.2, 0.25) is 0 Å². The van der Waals surface area contributed by atoms with Gasteiger partial charge in [-0.25, -0.2) is 4.98 Å². The van der Waals surface area contributed by atoms with Gasteiger partial charge in [0.2, 0.25) is 5.88 Å². The second-order valence-corrected chi connectivity index (χ2v) is 7.11. The zero-order chi connectivity index (χ0) is 15.9. The highest BCUT2D eigenvalue weighted by Gasteiger charge is 2.17. The van der Waals surface area contributed by atoms with Gasteiger partial charge in [0.05, 0.1) is 12.3 Å². The summed E-state index contributed by atoms with van der Waals surface area (Å²) in [6.07, 6.45) is 2.28. The molecule has 0 radical (unpaired) electrons. The standard InChI is InChI=1S/C18H32N2O/c1-7-19-13-15-11-16(18(4,5)6)20-17(12-15)21-10-8-9-14(2)3/h11-12,14,19H,7-10,13H2,1-6H3. The Labute approximate surface area is 130 Å². The molecule has 0 aliphatic carbocycles. The number of rotatable bonds is 8. The molecule has 0 spiro atoms. The van der Waals surface area contributed by atoms with Gasteiger partial charge in [-0.1, -0.05) is 41.5 Å². The minimum Gasteiger partial charge on any atom is -0.478 e. The van der Waals surface area contributed by atoms with E-state index in [9.17, 15) is 0 Å². The summed E-state index contributed by atoms with van der Waals surface area (Å²) in [6, 6.07) is 4.25. The van der Waals surface area contributed by atoms with Crippen molar-refractivity contribution in [3.8, 4) is 5.88 Å². The molecule has 0 saturated carbocycles. The fraction of sp³-hybridized carbons (Fsp3) is 0.722. The van der Waals surface area contributed by atoms with Gasteiger partial charge in [-0.05, 0) is 36.9 Å². The van der Waals surface area contributed by atoms with Gasteiger partial charge >= 0.3 is 0 Å². The normalized spacial score (nSPS) is 12.0. The summed E-state index contributed by atoms with van der Waals surface area (Å²) < 4.78 is 5.87. The lowest BCUT2D eigenvalue weighted by Crippen LogP contribution is -2.17. The summed E-state index contributed by atoms with van der Waals surface area (Å²) in [5, 5.41) is 3.37. The molecule has 0 aliphatic heterocycles. The van der Waals surface area contributed by atoms with Crippen molar-refractivity contribution >= 4 is 0 Å². The van der Waals surface area contributed by atoms with Gasteiger partial charge in [-0.2, -0.15) is 0 Å². The van der Waals surface area contributed by atoms with Crippen molar-refractivity contribution in [3.05, 3.63) is 23.4 Å². The summed E-state index contributed by atoms with van der Waals surface area (Å²) >= 11 is 0.